The second kappa shape index (κ2) is 10.2. The molecule has 1 aliphatic heterocycles. The first-order valence-corrected chi connectivity index (χ1v) is 10.6. The van der Waals surface area contributed by atoms with Crippen LogP contribution in [0.3, 0.4) is 0 Å². The SMILES string of the molecule is CCN(CCNC(=O)C1CCCN(c2cc(=O)n(C)c(=O)[nH]2)C1)Cc1ccccc1. The number of aromatic nitrogens is 2. The normalized spacial score (nSPS) is 16.6. The zero-order valence-electron chi connectivity index (χ0n) is 17.8. The molecule has 1 atom stereocenters. The molecule has 0 saturated carbocycles. The van der Waals surface area contributed by atoms with Crippen LogP contribution in [0, 0.1) is 5.92 Å². The Bertz CT molecular complexity index is 922. The van der Waals surface area contributed by atoms with Gasteiger partial charge in [0.15, 0.2) is 0 Å². The van der Waals surface area contributed by atoms with Gasteiger partial charge < -0.3 is 10.2 Å². The maximum atomic E-state index is 12.7. The van der Waals surface area contributed by atoms with Crippen LogP contribution in [0.1, 0.15) is 25.3 Å². The van der Waals surface area contributed by atoms with Gasteiger partial charge in [0.1, 0.15) is 5.82 Å². The Morgan fingerprint density at radius 3 is 2.73 bits per heavy atom. The molecule has 0 radical (unpaired) electrons. The number of rotatable bonds is 8. The molecule has 0 bridgehead atoms. The Morgan fingerprint density at radius 2 is 2.03 bits per heavy atom. The molecule has 1 aliphatic rings. The molecule has 30 heavy (non-hydrogen) atoms. The molecular formula is C22H31N5O3. The first kappa shape index (κ1) is 21.8. The predicted octanol–water partition coefficient (Wildman–Crippen LogP) is 0.928. The zero-order valence-corrected chi connectivity index (χ0v) is 17.8. The van der Waals surface area contributed by atoms with Crippen molar-refractivity contribution in [3.63, 3.8) is 0 Å². The van der Waals surface area contributed by atoms with E-state index in [0.29, 0.717) is 25.5 Å². The highest BCUT2D eigenvalue weighted by Crippen LogP contribution is 2.20. The van der Waals surface area contributed by atoms with Gasteiger partial charge >= 0.3 is 5.69 Å². The maximum Gasteiger partial charge on any atom is 0.329 e. The summed E-state index contributed by atoms with van der Waals surface area (Å²) in [5.74, 6) is 0.359. The summed E-state index contributed by atoms with van der Waals surface area (Å²) in [5.41, 5.74) is 0.470. The quantitative estimate of drug-likeness (QED) is 0.672. The number of nitrogens with one attached hydrogen (secondary N) is 2. The minimum absolute atomic E-state index is 0.0293. The van der Waals surface area contributed by atoms with Crippen LogP contribution in [-0.4, -0.2) is 53.1 Å². The van der Waals surface area contributed by atoms with E-state index in [9.17, 15) is 14.4 Å². The molecule has 1 fully saturated rings. The molecule has 8 nitrogen and oxygen atoms in total. The lowest BCUT2D eigenvalue weighted by molar-refractivity contribution is -0.125. The van der Waals surface area contributed by atoms with Crippen LogP contribution in [0.5, 0.6) is 0 Å². The van der Waals surface area contributed by atoms with E-state index in [4.69, 9.17) is 0 Å². The zero-order chi connectivity index (χ0) is 21.5. The molecule has 1 aromatic heterocycles. The molecule has 162 valence electrons. The van der Waals surface area contributed by atoms with E-state index in [-0.39, 0.29) is 17.4 Å². The Hall–Kier alpha value is -2.87. The summed E-state index contributed by atoms with van der Waals surface area (Å²) in [6, 6.07) is 11.7. The second-order valence-electron chi connectivity index (χ2n) is 7.79. The molecule has 0 spiro atoms. The van der Waals surface area contributed by atoms with Gasteiger partial charge in [-0.3, -0.25) is 24.0 Å². The van der Waals surface area contributed by atoms with Gasteiger partial charge in [0, 0.05) is 45.8 Å². The summed E-state index contributed by atoms with van der Waals surface area (Å²) < 4.78 is 1.03. The van der Waals surface area contributed by atoms with Crippen molar-refractivity contribution in [3.8, 4) is 0 Å². The molecule has 2 N–H and O–H groups in total. The fraction of sp³-hybridized carbons (Fsp3) is 0.500. The van der Waals surface area contributed by atoms with E-state index in [1.165, 1.54) is 18.7 Å². The molecule has 2 heterocycles. The minimum atomic E-state index is -0.442. The smallest absolute Gasteiger partial charge is 0.329 e. The van der Waals surface area contributed by atoms with Crippen molar-refractivity contribution in [1.29, 1.82) is 0 Å². The highest BCUT2D eigenvalue weighted by atomic mass is 16.2. The van der Waals surface area contributed by atoms with Crippen molar-refractivity contribution in [3.05, 3.63) is 62.8 Å². The van der Waals surface area contributed by atoms with Crippen molar-refractivity contribution in [1.82, 2.24) is 19.8 Å². The Morgan fingerprint density at radius 1 is 1.27 bits per heavy atom. The number of benzene rings is 1. The van der Waals surface area contributed by atoms with Crippen LogP contribution >= 0.6 is 0 Å². The van der Waals surface area contributed by atoms with Crippen LogP contribution in [0.2, 0.25) is 0 Å². The number of H-pyrrole nitrogens is 1. The number of nitrogens with zero attached hydrogens (tertiary/aromatic N) is 3. The van der Waals surface area contributed by atoms with E-state index >= 15 is 0 Å². The van der Waals surface area contributed by atoms with E-state index in [1.807, 2.05) is 23.1 Å². The van der Waals surface area contributed by atoms with Crippen LogP contribution in [0.15, 0.2) is 46.0 Å². The van der Waals surface area contributed by atoms with E-state index in [0.717, 1.165) is 37.0 Å². The molecule has 3 rings (SSSR count). The monoisotopic (exact) mass is 413 g/mol. The lowest BCUT2D eigenvalue weighted by Crippen LogP contribution is -2.46. The summed E-state index contributed by atoms with van der Waals surface area (Å²) in [4.78, 5) is 43.4. The summed E-state index contributed by atoms with van der Waals surface area (Å²) in [6.07, 6.45) is 1.64. The fourth-order valence-corrected chi connectivity index (χ4v) is 3.80. The maximum absolute atomic E-state index is 12.7. The second-order valence-corrected chi connectivity index (χ2v) is 7.79. The van der Waals surface area contributed by atoms with Crippen molar-refractivity contribution < 1.29 is 4.79 Å². The third kappa shape index (κ3) is 5.60. The average Bonchev–Trinajstić information content (AvgIpc) is 2.77. The summed E-state index contributed by atoms with van der Waals surface area (Å²) >= 11 is 0. The number of anilines is 1. The molecule has 0 aliphatic carbocycles. The Labute approximate surface area is 176 Å². The van der Waals surface area contributed by atoms with Crippen LogP contribution < -0.4 is 21.5 Å². The van der Waals surface area contributed by atoms with E-state index < -0.39 is 5.69 Å². The molecule has 2 aromatic rings. The Kier molecular flexibility index (Phi) is 7.46. The van der Waals surface area contributed by atoms with E-state index in [1.54, 1.807) is 0 Å². The molecule has 1 unspecified atom stereocenters. The highest BCUT2D eigenvalue weighted by Gasteiger charge is 2.26. The van der Waals surface area contributed by atoms with Gasteiger partial charge in [0.2, 0.25) is 5.91 Å². The van der Waals surface area contributed by atoms with Crippen molar-refractivity contribution in [2.75, 3.05) is 37.6 Å². The third-order valence-corrected chi connectivity index (χ3v) is 5.69. The topological polar surface area (TPSA) is 90.4 Å². The third-order valence-electron chi connectivity index (χ3n) is 5.69. The molecule has 8 heteroatoms. The van der Waals surface area contributed by atoms with Crippen LogP contribution in [0.25, 0.3) is 0 Å². The van der Waals surface area contributed by atoms with Crippen molar-refractivity contribution in [2.24, 2.45) is 13.0 Å². The number of amides is 1. The summed E-state index contributed by atoms with van der Waals surface area (Å²) in [6.45, 7) is 6.49. The van der Waals surface area contributed by atoms with Gasteiger partial charge in [-0.2, -0.15) is 0 Å². The Balaban J connectivity index is 1.51. The van der Waals surface area contributed by atoms with E-state index in [2.05, 4.69) is 34.3 Å². The largest absolute Gasteiger partial charge is 0.357 e. The summed E-state index contributed by atoms with van der Waals surface area (Å²) in [7, 11) is 1.44. The van der Waals surface area contributed by atoms with Gasteiger partial charge in [-0.15, -0.1) is 0 Å². The summed E-state index contributed by atoms with van der Waals surface area (Å²) in [5, 5.41) is 3.06. The molecule has 1 aromatic carbocycles. The molecular weight excluding hydrogens is 382 g/mol. The first-order chi connectivity index (χ1) is 14.5. The predicted molar refractivity (Wildman–Crippen MR) is 118 cm³/mol. The highest BCUT2D eigenvalue weighted by molar-refractivity contribution is 5.79. The minimum Gasteiger partial charge on any atom is -0.357 e. The molecule has 1 amide bonds. The van der Waals surface area contributed by atoms with Gasteiger partial charge in [-0.1, -0.05) is 37.3 Å². The van der Waals surface area contributed by atoms with Gasteiger partial charge in [0.25, 0.3) is 5.56 Å². The number of likely N-dealkylation sites (N-methyl/N-ethyl adjacent to an activating group) is 1. The lowest BCUT2D eigenvalue weighted by Gasteiger charge is -2.33. The average molecular weight is 414 g/mol. The van der Waals surface area contributed by atoms with Crippen molar-refractivity contribution in [2.45, 2.75) is 26.3 Å². The number of aromatic amines is 1. The number of hydrogen-bond acceptors (Lipinski definition) is 5. The number of hydrogen-bond donors (Lipinski definition) is 2. The number of carbonyl (C=O) groups is 1. The van der Waals surface area contributed by atoms with Gasteiger partial charge in [0.05, 0.1) is 5.92 Å². The van der Waals surface area contributed by atoms with Gasteiger partial charge in [-0.05, 0) is 24.9 Å². The lowest BCUT2D eigenvalue weighted by atomic mass is 9.97. The van der Waals surface area contributed by atoms with Crippen LogP contribution in [-0.2, 0) is 18.4 Å². The van der Waals surface area contributed by atoms with Gasteiger partial charge in [-0.25, -0.2) is 4.79 Å². The number of piperidine rings is 1. The van der Waals surface area contributed by atoms with Crippen molar-refractivity contribution >= 4 is 11.7 Å². The number of carbonyl (C=O) groups excluding carboxylic acids is 1. The molecule has 1 saturated heterocycles. The standard InChI is InChI=1S/C22H31N5O3/c1-3-26(15-17-8-5-4-6-9-17)13-11-23-21(29)18-10-7-12-27(16-18)19-14-20(28)25(2)22(30)24-19/h4-6,8-9,14,18H,3,7,10-13,15-16H2,1-2H3,(H,23,29)(H,24,30). The van der Waals surface area contributed by atoms with Crippen LogP contribution in [0.4, 0.5) is 5.82 Å². The fourth-order valence-electron chi connectivity index (χ4n) is 3.80. The first-order valence-electron chi connectivity index (χ1n) is 10.6.